The number of hydrogen-bond donors (Lipinski definition) is 3. The molecule has 0 aliphatic carbocycles. The molecule has 6 aromatic rings. The van der Waals surface area contributed by atoms with E-state index in [9.17, 15) is 44.6 Å². The van der Waals surface area contributed by atoms with Gasteiger partial charge in [-0.2, -0.15) is 57.6 Å². The van der Waals surface area contributed by atoms with Gasteiger partial charge in [-0.3, -0.25) is 0 Å². The minimum absolute atomic E-state index is 0. The van der Waals surface area contributed by atoms with E-state index in [0.29, 0.717) is 51.0 Å². The lowest BCUT2D eigenvalue weighted by molar-refractivity contribution is -0.144. The molecular formula is C32H29BClF9N6O5S3. The molecule has 3 aromatic carbocycles. The molecule has 3 heterocycles. The van der Waals surface area contributed by atoms with E-state index >= 15 is 0 Å². The van der Waals surface area contributed by atoms with Crippen molar-refractivity contribution in [2.24, 2.45) is 0 Å². The number of phenols is 1. The van der Waals surface area contributed by atoms with E-state index < -0.39 is 43.1 Å². The van der Waals surface area contributed by atoms with Gasteiger partial charge in [0.15, 0.2) is 0 Å². The number of ether oxygens (including phenoxy) is 2. The van der Waals surface area contributed by atoms with Gasteiger partial charge in [-0.1, -0.05) is 12.1 Å². The summed E-state index contributed by atoms with van der Waals surface area (Å²) in [5, 5.41) is 27.4. The number of aromatic nitrogens is 6. The van der Waals surface area contributed by atoms with Crippen LogP contribution < -0.4 is 14.9 Å². The topological polar surface area (TPSA) is 156 Å². The van der Waals surface area contributed by atoms with E-state index in [2.05, 4.69) is 28.1 Å². The Balaban J connectivity index is 0.000000272. The third-order valence-corrected chi connectivity index (χ3v) is 9.14. The summed E-state index contributed by atoms with van der Waals surface area (Å²) in [6, 6.07) is 14.6. The highest BCUT2D eigenvalue weighted by Crippen LogP contribution is 2.34. The second-order valence-electron chi connectivity index (χ2n) is 11.0. The maximum atomic E-state index is 12.4. The Morgan fingerprint density at radius 1 is 0.596 bits per heavy atom. The molecule has 0 amide bonds. The van der Waals surface area contributed by atoms with Gasteiger partial charge < -0.3 is 24.6 Å². The maximum absolute atomic E-state index is 12.4. The fourth-order valence-electron chi connectivity index (χ4n) is 4.09. The molecule has 3 aromatic heterocycles. The fraction of sp³-hybridized carbons (Fsp3) is 0.250. The largest absolute Gasteiger partial charge is 0.508 e. The first-order valence-corrected chi connectivity index (χ1v) is 18.0. The highest BCUT2D eigenvalue weighted by molar-refractivity contribution is 7.10. The number of alkyl halides is 9. The molecule has 6 rings (SSSR count). The molecule has 0 atom stereocenters. The van der Waals surface area contributed by atoms with Crippen LogP contribution >= 0.6 is 46.2 Å². The molecule has 0 saturated carbocycles. The zero-order valence-electron chi connectivity index (χ0n) is 29.6. The summed E-state index contributed by atoms with van der Waals surface area (Å²) >= 11 is 7.04. The SMILES string of the molecule is COc1ccc(-c2nc(C(F)(F)F)ns2)cc1C.COc1ccc(B(O)O)cc1C.Cc1cc(-c2nc(C(F)(F)F)ns2)ccc1O.FC(F)(F)c1nsc(Cl)n1.[2HH]. The zero-order valence-corrected chi connectivity index (χ0v) is 32.8. The fourth-order valence-corrected chi connectivity index (χ4v) is 6.06. The summed E-state index contributed by atoms with van der Waals surface area (Å²) in [5.41, 5.74) is 3.89. The Kier molecular flexibility index (Phi) is 16.2. The van der Waals surface area contributed by atoms with E-state index in [1.54, 1.807) is 56.5 Å². The van der Waals surface area contributed by atoms with Gasteiger partial charge in [-0.15, -0.1) is 0 Å². The summed E-state index contributed by atoms with van der Waals surface area (Å²) in [4.78, 5) is 9.84. The number of aryl methyl sites for hydroxylation is 3. The van der Waals surface area contributed by atoms with Crippen LogP contribution in [0.3, 0.4) is 0 Å². The number of phenolic OH excluding ortho intramolecular Hbond substituents is 1. The van der Waals surface area contributed by atoms with Crippen molar-refractivity contribution in [1.29, 1.82) is 0 Å². The molecule has 308 valence electrons. The summed E-state index contributed by atoms with van der Waals surface area (Å²) in [5.74, 6) is -1.89. The lowest BCUT2D eigenvalue weighted by atomic mass is 9.79. The Morgan fingerprint density at radius 2 is 1.00 bits per heavy atom. The molecule has 0 fully saturated rings. The smallest absolute Gasteiger partial charge is 0.488 e. The predicted molar refractivity (Wildman–Crippen MR) is 198 cm³/mol. The summed E-state index contributed by atoms with van der Waals surface area (Å²) in [6.07, 6.45) is -13.5. The van der Waals surface area contributed by atoms with Crippen molar-refractivity contribution in [2.75, 3.05) is 14.2 Å². The predicted octanol–water partition coefficient (Wildman–Crippen LogP) is 8.92. The number of benzene rings is 3. The van der Waals surface area contributed by atoms with Crippen LogP contribution in [0.15, 0.2) is 54.6 Å². The quantitative estimate of drug-likeness (QED) is 0.112. The minimum atomic E-state index is -4.53. The van der Waals surface area contributed by atoms with Crippen molar-refractivity contribution in [2.45, 2.75) is 39.3 Å². The molecule has 0 aliphatic heterocycles. The van der Waals surface area contributed by atoms with Crippen LogP contribution in [-0.4, -0.2) is 64.6 Å². The van der Waals surface area contributed by atoms with Crippen molar-refractivity contribution in [3.63, 3.8) is 0 Å². The van der Waals surface area contributed by atoms with E-state index in [4.69, 9.17) is 31.1 Å². The number of aromatic hydroxyl groups is 1. The average Bonchev–Trinajstić information content (AvgIpc) is 3.92. The normalized spacial score (nSPS) is 11.3. The second kappa shape index (κ2) is 19.7. The standard InChI is InChI=1S/C11H9F3N2OS.C10H7F3N2OS.C8H11BO3.C3ClF3N2S.H2/c1-6-5-7(3-4-8(6)17-2)9-15-10(16-18-9)11(12,13)14;1-5-4-6(2-3-7(5)16)8-14-9(15-17-8)10(11,12)13;1-6-5-7(9(10)11)3-4-8(6)12-2;4-2-8-1(9-10-2)3(5,6)7;/h3-5H,1-2H3;2-4,16H,1H3;3-5,10-11H,1-2H3;;1H/i;;;;1+1. The number of hydrogen-bond acceptors (Lipinski definition) is 14. The Hall–Kier alpha value is -4.62. The monoisotopic (exact) mass is 891 g/mol. The third kappa shape index (κ3) is 13.8. The molecule has 11 nitrogen and oxygen atoms in total. The maximum Gasteiger partial charge on any atom is 0.488 e. The lowest BCUT2D eigenvalue weighted by Gasteiger charge is -2.05. The average molecular weight is 892 g/mol. The molecule has 25 heteroatoms. The van der Waals surface area contributed by atoms with Crippen LogP contribution in [-0.2, 0) is 18.5 Å². The molecule has 0 unspecified atom stereocenters. The summed E-state index contributed by atoms with van der Waals surface area (Å²) in [6.45, 7) is 5.32. The van der Waals surface area contributed by atoms with Gasteiger partial charge in [0.05, 0.1) is 14.2 Å². The minimum Gasteiger partial charge on any atom is -0.508 e. The van der Waals surface area contributed by atoms with Crippen molar-refractivity contribution in [3.05, 3.63) is 93.2 Å². The van der Waals surface area contributed by atoms with Crippen LogP contribution in [0.25, 0.3) is 21.1 Å². The third-order valence-electron chi connectivity index (χ3n) is 6.82. The van der Waals surface area contributed by atoms with Crippen molar-refractivity contribution in [3.8, 4) is 38.4 Å². The van der Waals surface area contributed by atoms with Crippen LogP contribution in [0.2, 0.25) is 4.47 Å². The Labute approximate surface area is 336 Å². The Bertz CT molecular complexity index is 2240. The molecule has 0 radical (unpaired) electrons. The van der Waals surface area contributed by atoms with Crippen LogP contribution in [0.5, 0.6) is 17.2 Å². The van der Waals surface area contributed by atoms with E-state index in [1.165, 1.54) is 19.2 Å². The number of nitrogens with zero attached hydrogens (tertiary/aromatic N) is 6. The first-order valence-electron chi connectivity index (χ1n) is 15.3. The summed E-state index contributed by atoms with van der Waals surface area (Å²) in [7, 11) is 1.71. The van der Waals surface area contributed by atoms with Crippen LogP contribution in [0.4, 0.5) is 39.5 Å². The highest BCUT2D eigenvalue weighted by Gasteiger charge is 2.37. The molecule has 0 saturated heterocycles. The number of methoxy groups -OCH3 is 2. The van der Waals surface area contributed by atoms with Crippen LogP contribution in [0, 0.1) is 20.8 Å². The van der Waals surface area contributed by atoms with Crippen molar-refractivity contribution in [1.82, 2.24) is 28.1 Å². The van der Waals surface area contributed by atoms with Crippen molar-refractivity contribution < 1.29 is 65.6 Å². The van der Waals surface area contributed by atoms with Gasteiger partial charge in [0.25, 0.3) is 0 Å². The molecule has 0 spiro atoms. The highest BCUT2D eigenvalue weighted by atomic mass is 35.5. The van der Waals surface area contributed by atoms with E-state index in [-0.39, 0.29) is 21.7 Å². The van der Waals surface area contributed by atoms with Gasteiger partial charge in [0.2, 0.25) is 21.9 Å². The van der Waals surface area contributed by atoms with Gasteiger partial charge >= 0.3 is 25.6 Å². The number of rotatable bonds is 5. The first-order chi connectivity index (χ1) is 26.4. The second-order valence-corrected chi connectivity index (χ2v) is 13.8. The molecule has 0 aliphatic rings. The van der Waals surface area contributed by atoms with E-state index in [0.717, 1.165) is 28.4 Å². The molecular weight excluding hydrogens is 862 g/mol. The molecule has 57 heavy (non-hydrogen) atoms. The van der Waals surface area contributed by atoms with E-state index in [1.807, 2.05) is 13.8 Å². The van der Waals surface area contributed by atoms with Gasteiger partial charge in [0.1, 0.15) is 27.3 Å². The molecule has 3 N–H and O–H groups in total. The molecule has 0 bridgehead atoms. The van der Waals surface area contributed by atoms with Crippen LogP contribution in [0.1, 0.15) is 35.6 Å². The first kappa shape index (κ1) is 46.8. The van der Waals surface area contributed by atoms with Crippen molar-refractivity contribution >= 4 is 58.8 Å². The number of halogens is 10. The summed E-state index contributed by atoms with van der Waals surface area (Å²) < 4.78 is 128. The van der Waals surface area contributed by atoms with Gasteiger partial charge in [0, 0.05) is 12.6 Å². The van der Waals surface area contributed by atoms with Gasteiger partial charge in [-0.25, -0.2) is 9.97 Å². The lowest BCUT2D eigenvalue weighted by Crippen LogP contribution is -2.29. The zero-order chi connectivity index (χ0) is 42.9. The Morgan fingerprint density at radius 3 is 1.33 bits per heavy atom. The van der Waals surface area contributed by atoms with Gasteiger partial charge in [-0.05, 0) is 132 Å².